The number of hydrazine groups is 1. The summed E-state index contributed by atoms with van der Waals surface area (Å²) >= 11 is 0. The van der Waals surface area contributed by atoms with Gasteiger partial charge < -0.3 is 14.9 Å². The number of hydrogen-bond donors (Lipinski definition) is 2. The van der Waals surface area contributed by atoms with Gasteiger partial charge in [-0.15, -0.1) is 0 Å². The molecule has 0 aromatic rings. The highest BCUT2D eigenvalue weighted by Gasteiger charge is 2.51. The summed E-state index contributed by atoms with van der Waals surface area (Å²) in [5.41, 5.74) is 2.50. The van der Waals surface area contributed by atoms with E-state index < -0.39 is 5.60 Å². The number of carbonyl (C=O) groups is 2. The lowest BCUT2D eigenvalue weighted by Gasteiger charge is -2.43. The van der Waals surface area contributed by atoms with Gasteiger partial charge in [0.05, 0.1) is 0 Å². The topological polar surface area (TPSA) is 76.1 Å². The molecule has 5 rings (SSSR count). The van der Waals surface area contributed by atoms with E-state index in [0.29, 0.717) is 50.5 Å². The lowest BCUT2D eigenvalue weighted by molar-refractivity contribution is -0.152. The van der Waals surface area contributed by atoms with E-state index in [0.717, 1.165) is 30.6 Å². The van der Waals surface area contributed by atoms with E-state index in [1.54, 1.807) is 4.90 Å². The van der Waals surface area contributed by atoms with Crippen LogP contribution in [-0.2, 0) is 9.59 Å². The largest absolute Gasteiger partial charge is 0.380 e. The Hall–Kier alpha value is -1.18. The van der Waals surface area contributed by atoms with Gasteiger partial charge in [-0.3, -0.25) is 15.0 Å². The highest BCUT2D eigenvalue weighted by atomic mass is 16.3. The Morgan fingerprint density at radius 3 is 2.31 bits per heavy atom. The summed E-state index contributed by atoms with van der Waals surface area (Å²) in [5.74, 6) is 2.70. The maximum atomic E-state index is 13.3. The maximum absolute atomic E-state index is 13.3. The van der Waals surface area contributed by atoms with Gasteiger partial charge in [0.15, 0.2) is 0 Å². The van der Waals surface area contributed by atoms with Crippen LogP contribution in [0.4, 0.5) is 0 Å². The average molecular weight is 447 g/mol. The number of rotatable bonds is 3. The molecular formula is C25H42N4O3. The second-order valence-electron chi connectivity index (χ2n) is 11.6. The molecule has 0 aromatic carbocycles. The molecular weight excluding hydrogens is 404 g/mol. The molecule has 4 unspecified atom stereocenters. The Bertz CT molecular complexity index is 733. The molecule has 3 aliphatic carbocycles. The van der Waals surface area contributed by atoms with Crippen molar-refractivity contribution < 1.29 is 14.7 Å². The predicted octanol–water partition coefficient (Wildman–Crippen LogP) is 2.00. The molecule has 2 N–H and O–H groups in total. The molecule has 2 amide bonds. The minimum atomic E-state index is -1.11. The zero-order chi connectivity index (χ0) is 22.6. The third-order valence-electron chi connectivity index (χ3n) is 9.56. The molecule has 0 spiro atoms. The van der Waals surface area contributed by atoms with Crippen LogP contribution in [-0.4, -0.2) is 82.1 Å². The van der Waals surface area contributed by atoms with E-state index in [-0.39, 0.29) is 17.9 Å². The summed E-state index contributed by atoms with van der Waals surface area (Å²) in [6.45, 7) is 6.10. The molecule has 0 radical (unpaired) electrons. The first-order valence-electron chi connectivity index (χ1n) is 13.1. The minimum absolute atomic E-state index is 0.0171. The molecule has 7 heteroatoms. The summed E-state index contributed by atoms with van der Waals surface area (Å²) in [5, 5.41) is 12.5. The fraction of sp³-hybridized carbons (Fsp3) is 0.920. The van der Waals surface area contributed by atoms with Crippen molar-refractivity contribution in [3.63, 3.8) is 0 Å². The lowest BCUT2D eigenvalue weighted by atomic mass is 9.66. The van der Waals surface area contributed by atoms with E-state index in [4.69, 9.17) is 0 Å². The summed E-state index contributed by atoms with van der Waals surface area (Å²) in [6.07, 6.45) is 9.57. The van der Waals surface area contributed by atoms with Crippen molar-refractivity contribution in [3.05, 3.63) is 0 Å². The van der Waals surface area contributed by atoms with Gasteiger partial charge in [0, 0.05) is 50.7 Å². The second kappa shape index (κ2) is 8.55. The fourth-order valence-electron chi connectivity index (χ4n) is 7.34. The highest BCUT2D eigenvalue weighted by molar-refractivity contribution is 5.88. The van der Waals surface area contributed by atoms with Crippen LogP contribution in [0.1, 0.15) is 71.6 Å². The van der Waals surface area contributed by atoms with Crippen molar-refractivity contribution in [2.75, 3.05) is 26.7 Å². The van der Waals surface area contributed by atoms with Crippen molar-refractivity contribution in [1.29, 1.82) is 0 Å². The number of piperazine rings is 1. The molecule has 7 nitrogen and oxygen atoms in total. The van der Waals surface area contributed by atoms with Gasteiger partial charge in [-0.05, 0) is 89.4 Å². The lowest BCUT2D eigenvalue weighted by Crippen LogP contribution is -2.58. The van der Waals surface area contributed by atoms with Gasteiger partial charge in [0.1, 0.15) is 5.60 Å². The van der Waals surface area contributed by atoms with Crippen molar-refractivity contribution in [2.24, 2.45) is 23.7 Å². The van der Waals surface area contributed by atoms with Gasteiger partial charge in [-0.2, -0.15) is 0 Å². The Balaban J connectivity index is 1.10. The monoisotopic (exact) mass is 446 g/mol. The Labute approximate surface area is 192 Å². The third kappa shape index (κ3) is 4.09. The summed E-state index contributed by atoms with van der Waals surface area (Å²) in [6, 6.07) is 1.27. The van der Waals surface area contributed by atoms with Crippen LogP contribution in [0.15, 0.2) is 0 Å². The number of carbonyl (C=O) groups excluding carboxylic acids is 2. The number of nitrogens with zero attached hydrogens (tertiary/aromatic N) is 3. The standard InChI is InChI=1S/C25H42N4O3/c1-16-15-28(12-13-29(16)24(31)25(32)10-11-25)23(30)19-6-4-18(5-7-19)20-8-9-22-21(14-20)17(2)26-27(22)3/h16-22,26,32H,4-15H2,1-3H3/t16-,17?,18?,19?,20?,21?,22?/m0/s1. The number of nitrogens with one attached hydrogen (secondary N) is 1. The summed E-state index contributed by atoms with van der Waals surface area (Å²) in [4.78, 5) is 29.6. The number of aliphatic hydroxyl groups is 1. The van der Waals surface area contributed by atoms with Crippen molar-refractivity contribution in [3.8, 4) is 0 Å². The quantitative estimate of drug-likeness (QED) is 0.694. The molecule has 2 aliphatic heterocycles. The molecule has 3 saturated carbocycles. The van der Waals surface area contributed by atoms with Crippen molar-refractivity contribution in [2.45, 2.75) is 95.4 Å². The Morgan fingerprint density at radius 1 is 0.969 bits per heavy atom. The Morgan fingerprint density at radius 2 is 1.66 bits per heavy atom. The summed E-state index contributed by atoms with van der Waals surface area (Å²) < 4.78 is 0. The van der Waals surface area contributed by atoms with E-state index in [2.05, 4.69) is 24.4 Å². The van der Waals surface area contributed by atoms with Gasteiger partial charge in [0.2, 0.25) is 5.91 Å². The number of fused-ring (bicyclic) bond motifs is 1. The molecule has 32 heavy (non-hydrogen) atoms. The van der Waals surface area contributed by atoms with E-state index in [1.807, 2.05) is 11.8 Å². The van der Waals surface area contributed by atoms with Gasteiger partial charge in [-0.1, -0.05) is 0 Å². The molecule has 2 saturated heterocycles. The first kappa shape index (κ1) is 22.6. The maximum Gasteiger partial charge on any atom is 0.254 e. The molecule has 2 heterocycles. The van der Waals surface area contributed by atoms with Gasteiger partial charge in [0.25, 0.3) is 5.91 Å². The zero-order valence-corrected chi connectivity index (χ0v) is 20.1. The normalized spacial score (nSPS) is 41.9. The predicted molar refractivity (Wildman–Crippen MR) is 122 cm³/mol. The van der Waals surface area contributed by atoms with E-state index in [9.17, 15) is 14.7 Å². The molecule has 5 fully saturated rings. The van der Waals surface area contributed by atoms with Crippen molar-refractivity contribution in [1.82, 2.24) is 20.2 Å². The average Bonchev–Trinajstić information content (AvgIpc) is 3.49. The van der Waals surface area contributed by atoms with Gasteiger partial charge >= 0.3 is 0 Å². The molecule has 0 aromatic heterocycles. The SMILES string of the molecule is CC1NN(C)C2CCC(C3CCC(C(=O)N4CCN(C(=O)C5(O)CC5)[C@@H](C)C4)CC3)CC12. The summed E-state index contributed by atoms with van der Waals surface area (Å²) in [7, 11) is 2.20. The third-order valence-corrected chi connectivity index (χ3v) is 9.56. The smallest absolute Gasteiger partial charge is 0.254 e. The number of hydrogen-bond acceptors (Lipinski definition) is 5. The van der Waals surface area contributed by atoms with Crippen LogP contribution in [0.2, 0.25) is 0 Å². The van der Waals surface area contributed by atoms with Crippen LogP contribution >= 0.6 is 0 Å². The first-order valence-corrected chi connectivity index (χ1v) is 13.1. The van der Waals surface area contributed by atoms with Crippen molar-refractivity contribution >= 4 is 11.8 Å². The fourth-order valence-corrected chi connectivity index (χ4v) is 7.34. The highest BCUT2D eigenvalue weighted by Crippen LogP contribution is 2.45. The van der Waals surface area contributed by atoms with E-state index in [1.165, 1.54) is 32.1 Å². The molecule has 180 valence electrons. The second-order valence-corrected chi connectivity index (χ2v) is 11.6. The van der Waals surface area contributed by atoms with E-state index >= 15 is 0 Å². The van der Waals surface area contributed by atoms with Crippen LogP contribution in [0.3, 0.4) is 0 Å². The van der Waals surface area contributed by atoms with Crippen LogP contribution < -0.4 is 5.43 Å². The molecule has 5 aliphatic rings. The molecule has 5 atom stereocenters. The Kier molecular flexibility index (Phi) is 6.04. The first-order chi connectivity index (χ1) is 15.3. The zero-order valence-electron chi connectivity index (χ0n) is 20.1. The van der Waals surface area contributed by atoms with Crippen LogP contribution in [0.25, 0.3) is 0 Å². The molecule has 0 bridgehead atoms. The van der Waals surface area contributed by atoms with Crippen LogP contribution in [0.5, 0.6) is 0 Å². The minimum Gasteiger partial charge on any atom is -0.380 e. The van der Waals surface area contributed by atoms with Gasteiger partial charge in [-0.25, -0.2) is 5.01 Å². The van der Waals surface area contributed by atoms with Crippen LogP contribution in [0, 0.1) is 23.7 Å². The number of amides is 2.